The normalized spacial score (nSPS) is 14.8. The Bertz CT molecular complexity index is 1780. The monoisotopic (exact) mass is 955 g/mol. The van der Waals surface area contributed by atoms with Crippen molar-refractivity contribution in [3.8, 4) is 0 Å². The third-order valence-corrected chi connectivity index (χ3v) is 15.3. The number of para-hydroxylation sites is 1. The zero-order valence-corrected chi connectivity index (χ0v) is 45.6. The molecule has 0 fully saturated rings. The Balaban J connectivity index is 1.51. The van der Waals surface area contributed by atoms with Crippen LogP contribution in [0.4, 0.5) is 5.69 Å². The Morgan fingerprint density at radius 2 is 1.25 bits per heavy atom. The zero-order chi connectivity index (χ0) is 50.4. The fourth-order valence-corrected chi connectivity index (χ4v) is 10.6. The quantitative estimate of drug-likeness (QED) is 0.0298. The van der Waals surface area contributed by atoms with Crippen LogP contribution in [0.15, 0.2) is 77.4 Å². The Morgan fingerprint density at radius 1 is 0.710 bits per heavy atom. The molecule has 0 bridgehead atoms. The number of nitrogens with one attached hydrogen (secondary N) is 1. The summed E-state index contributed by atoms with van der Waals surface area (Å²) in [6, 6.07) is 17.7. The van der Waals surface area contributed by atoms with E-state index in [0.29, 0.717) is 6.42 Å². The number of anilines is 1. The number of fused-ring (bicyclic) bond motifs is 1. The van der Waals surface area contributed by atoms with E-state index in [2.05, 4.69) is 142 Å². The molecule has 0 saturated carbocycles. The lowest BCUT2D eigenvalue weighted by molar-refractivity contribution is -0.923. The van der Waals surface area contributed by atoms with Gasteiger partial charge in [0.2, 0.25) is 5.91 Å². The van der Waals surface area contributed by atoms with Crippen LogP contribution in [-0.2, 0) is 15.6 Å². The zero-order valence-electron chi connectivity index (χ0n) is 45.6. The largest absolute Gasteiger partial charge is 0.356 e. The predicted octanol–water partition coefficient (Wildman–Crippen LogP) is 10.3. The number of unbranched alkanes of at least 4 members (excludes halogenated alkanes) is 7. The molecule has 1 heterocycles. The molecule has 1 amide bonds. The van der Waals surface area contributed by atoms with Gasteiger partial charge in [-0.3, -0.25) is 9.79 Å². The molecule has 0 atom stereocenters. The van der Waals surface area contributed by atoms with E-state index in [9.17, 15) is 4.79 Å². The fraction of sp³-hybridized carbons (Fsp3) is 0.695. The molecule has 0 aromatic heterocycles. The Morgan fingerprint density at radius 3 is 1.84 bits per heavy atom. The van der Waals surface area contributed by atoms with E-state index >= 15 is 0 Å². The van der Waals surface area contributed by atoms with Gasteiger partial charge in [-0.15, -0.1) is 0 Å². The van der Waals surface area contributed by atoms with Crippen molar-refractivity contribution in [3.05, 3.63) is 89.1 Å². The molecule has 3 rings (SSSR count). The van der Waals surface area contributed by atoms with Crippen molar-refractivity contribution in [1.82, 2.24) is 15.1 Å². The number of rotatable bonds is 39. The lowest BCUT2D eigenvalue weighted by atomic mass is 9.77. The van der Waals surface area contributed by atoms with Crippen LogP contribution < -0.4 is 27.4 Å². The van der Waals surface area contributed by atoms with Crippen molar-refractivity contribution in [3.63, 3.8) is 0 Å². The fourth-order valence-electron chi connectivity index (χ4n) is 10.6. The molecule has 2 aromatic carbocycles. The second kappa shape index (κ2) is 33.3. The van der Waals surface area contributed by atoms with Crippen molar-refractivity contribution in [2.75, 3.05) is 110 Å². The number of hydrogen-bond donors (Lipinski definition) is 4. The molecule has 7 N–H and O–H groups in total. The number of nitrogens with zero attached hydrogens (tertiary/aromatic N) is 5. The molecular formula is C59H104N9O+. The topological polar surface area (TPSA) is 129 Å². The Labute approximate surface area is 423 Å². The summed E-state index contributed by atoms with van der Waals surface area (Å²) in [7, 11) is 0. The second-order valence-corrected chi connectivity index (χ2v) is 21.0. The summed E-state index contributed by atoms with van der Waals surface area (Å²) < 4.78 is 1.15. The predicted molar refractivity (Wildman–Crippen MR) is 300 cm³/mol. The van der Waals surface area contributed by atoms with Gasteiger partial charge >= 0.3 is 0 Å². The van der Waals surface area contributed by atoms with Crippen molar-refractivity contribution < 1.29 is 9.28 Å². The number of benzene rings is 2. The Kier molecular flexibility index (Phi) is 28.9. The minimum Gasteiger partial charge on any atom is -0.356 e. The standard InChI is InChI=1S/C59H103N9O/c1-9-68(10-2,11-3)50-30-42-63-55(58(5,6)52-32-19-18-31-51(52)4)35-25-36-56-59(7,8)53-33-20-21-34-54(53)67(56)49-24-16-17-37-57(69)64-41-29-48-66(47-28-40-62)44-23-15-13-12-14-22-43-65(45-26-38-60)46-27-39-61/h18-21,25,31-36H,9-17,22-24,26-30,37-50,60-62H2,1-8H3/p+1/b35-25+,56-36+,63-55+. The van der Waals surface area contributed by atoms with Crippen LogP contribution in [0.1, 0.15) is 161 Å². The van der Waals surface area contributed by atoms with E-state index in [0.717, 1.165) is 140 Å². The lowest BCUT2D eigenvalue weighted by Gasteiger charge is -2.35. The van der Waals surface area contributed by atoms with Gasteiger partial charge in [0.05, 0.1) is 26.2 Å². The van der Waals surface area contributed by atoms with Crippen LogP contribution in [-0.4, -0.2) is 131 Å². The van der Waals surface area contributed by atoms with Gasteiger partial charge in [0.1, 0.15) is 0 Å². The first-order valence-corrected chi connectivity index (χ1v) is 27.9. The molecule has 0 radical (unpaired) electrons. The number of carbonyl (C=O) groups excluding carboxylic acids is 1. The highest BCUT2D eigenvalue weighted by Crippen LogP contribution is 2.47. The maximum absolute atomic E-state index is 13.0. The number of hydrogen-bond acceptors (Lipinski definition) is 8. The van der Waals surface area contributed by atoms with Crippen molar-refractivity contribution in [2.24, 2.45) is 22.2 Å². The maximum Gasteiger partial charge on any atom is 0.219 e. The molecule has 69 heavy (non-hydrogen) atoms. The van der Waals surface area contributed by atoms with Gasteiger partial charge in [-0.2, -0.15) is 0 Å². The molecule has 0 saturated heterocycles. The van der Waals surface area contributed by atoms with Gasteiger partial charge in [-0.1, -0.05) is 108 Å². The molecule has 390 valence electrons. The van der Waals surface area contributed by atoms with Gasteiger partial charge < -0.3 is 41.7 Å². The molecule has 10 nitrogen and oxygen atoms in total. The number of aryl methyl sites for hydroxylation is 1. The Hall–Kier alpha value is -3.38. The highest BCUT2D eigenvalue weighted by Gasteiger charge is 2.39. The van der Waals surface area contributed by atoms with E-state index < -0.39 is 0 Å². The number of amides is 1. The molecule has 10 heteroatoms. The first-order valence-electron chi connectivity index (χ1n) is 27.9. The van der Waals surface area contributed by atoms with Crippen molar-refractivity contribution in [2.45, 2.75) is 163 Å². The number of quaternary nitrogens is 1. The van der Waals surface area contributed by atoms with Crippen LogP contribution >= 0.6 is 0 Å². The first-order chi connectivity index (χ1) is 33.3. The summed E-state index contributed by atoms with van der Waals surface area (Å²) in [6.45, 7) is 34.5. The van der Waals surface area contributed by atoms with Gasteiger partial charge in [0.25, 0.3) is 0 Å². The summed E-state index contributed by atoms with van der Waals surface area (Å²) in [5.41, 5.74) is 24.7. The summed E-state index contributed by atoms with van der Waals surface area (Å²) in [5.74, 6) is 0.175. The molecule has 0 spiro atoms. The number of carbonyl (C=O) groups is 1. The molecule has 1 aliphatic rings. The molecular weight excluding hydrogens is 851 g/mol. The van der Waals surface area contributed by atoms with Crippen LogP contribution in [0.2, 0.25) is 0 Å². The van der Waals surface area contributed by atoms with Gasteiger partial charge in [-0.05, 0) is 173 Å². The third kappa shape index (κ3) is 20.3. The van der Waals surface area contributed by atoms with E-state index in [4.69, 9.17) is 22.2 Å². The van der Waals surface area contributed by atoms with Crippen molar-refractivity contribution in [1.29, 1.82) is 0 Å². The third-order valence-electron chi connectivity index (χ3n) is 15.3. The lowest BCUT2D eigenvalue weighted by Crippen LogP contribution is -2.48. The SMILES string of the molecule is CC[N+](CC)(CC)CCC\N=C(/C=C/C=C1/N(CCCCCC(=O)NCCCN(CCCN)CCCCCCCCN(CCCN)CCCN)c2ccccc2C1(C)C)C(C)(C)c1ccccc1C. The van der Waals surface area contributed by atoms with Crippen molar-refractivity contribution >= 4 is 17.3 Å². The van der Waals surface area contributed by atoms with E-state index in [1.165, 1.54) is 92.8 Å². The van der Waals surface area contributed by atoms with Crippen LogP contribution in [0.3, 0.4) is 0 Å². The molecule has 0 aliphatic carbocycles. The van der Waals surface area contributed by atoms with Gasteiger partial charge in [0.15, 0.2) is 0 Å². The molecule has 2 aromatic rings. The number of allylic oxidation sites excluding steroid dienone is 4. The van der Waals surface area contributed by atoms with Crippen LogP contribution in [0, 0.1) is 6.92 Å². The summed E-state index contributed by atoms with van der Waals surface area (Å²) in [6.07, 6.45) is 23.3. The summed E-state index contributed by atoms with van der Waals surface area (Å²) in [5, 5.41) is 3.23. The maximum atomic E-state index is 13.0. The van der Waals surface area contributed by atoms with E-state index in [-0.39, 0.29) is 16.7 Å². The highest BCUT2D eigenvalue weighted by molar-refractivity contribution is 6.03. The van der Waals surface area contributed by atoms with E-state index in [1.807, 2.05) is 0 Å². The van der Waals surface area contributed by atoms with E-state index in [1.54, 1.807) is 0 Å². The van der Waals surface area contributed by atoms with Gasteiger partial charge in [-0.25, -0.2) is 0 Å². The first kappa shape index (κ1) is 59.9. The van der Waals surface area contributed by atoms with Gasteiger partial charge in [0, 0.05) is 60.4 Å². The summed E-state index contributed by atoms with van der Waals surface area (Å²) in [4.78, 5) is 26.0. The molecule has 1 aliphatic heterocycles. The van der Waals surface area contributed by atoms with Crippen LogP contribution in [0.5, 0.6) is 0 Å². The average molecular weight is 956 g/mol. The molecule has 0 unspecified atom stereocenters. The number of nitrogens with two attached hydrogens (primary N) is 3. The smallest absolute Gasteiger partial charge is 0.219 e. The van der Waals surface area contributed by atoms with Crippen LogP contribution in [0.25, 0.3) is 0 Å². The summed E-state index contributed by atoms with van der Waals surface area (Å²) >= 11 is 0. The average Bonchev–Trinajstić information content (AvgIpc) is 3.56. The number of aliphatic imine (C=N–C) groups is 1. The second-order valence-electron chi connectivity index (χ2n) is 21.0. The minimum atomic E-state index is -0.239. The highest BCUT2D eigenvalue weighted by atomic mass is 16.1. The minimum absolute atomic E-state index is 0.135.